The number of hydrogen-bond acceptors (Lipinski definition) is 2. The highest BCUT2D eigenvalue weighted by Crippen LogP contribution is 2.22. The second-order valence-electron chi connectivity index (χ2n) is 5.68. The second kappa shape index (κ2) is 6.58. The maximum Gasteiger partial charge on any atom is 0.246 e. The third kappa shape index (κ3) is 4.55. The molecule has 1 heterocycles. The molecule has 0 aromatic heterocycles. The van der Waals surface area contributed by atoms with Gasteiger partial charge in [-0.05, 0) is 50.0 Å². The minimum Gasteiger partial charge on any atom is -0.390 e. The predicted octanol–water partition coefficient (Wildman–Crippen LogP) is 3.26. The summed E-state index contributed by atoms with van der Waals surface area (Å²) in [6.45, 7) is 2.99. The Kier molecular flexibility index (Phi) is 5.01. The highest BCUT2D eigenvalue weighted by molar-refractivity contribution is 6.30. The smallest absolute Gasteiger partial charge is 0.246 e. The number of aliphatic hydroxyl groups is 1. The van der Waals surface area contributed by atoms with Gasteiger partial charge >= 0.3 is 0 Å². The van der Waals surface area contributed by atoms with E-state index in [9.17, 15) is 14.3 Å². The molecule has 1 amide bonds. The van der Waals surface area contributed by atoms with E-state index in [1.165, 1.54) is 18.2 Å². The lowest BCUT2D eigenvalue weighted by Gasteiger charge is -2.21. The number of likely N-dealkylation sites (tertiary alicyclic amines) is 1. The lowest BCUT2D eigenvalue weighted by atomic mass is 9.98. The normalized spacial score (nSPS) is 23.3. The van der Waals surface area contributed by atoms with E-state index in [1.807, 2.05) is 0 Å². The summed E-state index contributed by atoms with van der Waals surface area (Å²) in [5.74, 6) is -0.581. The van der Waals surface area contributed by atoms with Gasteiger partial charge in [-0.15, -0.1) is 0 Å². The molecule has 1 aliphatic heterocycles. The van der Waals surface area contributed by atoms with E-state index in [-0.39, 0.29) is 10.9 Å². The Morgan fingerprint density at radius 2 is 2.19 bits per heavy atom. The van der Waals surface area contributed by atoms with Gasteiger partial charge in [-0.25, -0.2) is 4.39 Å². The molecule has 0 bridgehead atoms. The fourth-order valence-electron chi connectivity index (χ4n) is 2.37. The first-order chi connectivity index (χ1) is 9.87. The third-order valence-electron chi connectivity index (χ3n) is 3.74. The van der Waals surface area contributed by atoms with Crippen molar-refractivity contribution in [3.63, 3.8) is 0 Å². The van der Waals surface area contributed by atoms with E-state index in [0.29, 0.717) is 31.5 Å². The van der Waals surface area contributed by atoms with Crippen LogP contribution < -0.4 is 0 Å². The Morgan fingerprint density at radius 1 is 1.43 bits per heavy atom. The number of carbonyl (C=O) groups excluding carboxylic acids is 1. The van der Waals surface area contributed by atoms with Crippen LogP contribution in [-0.2, 0) is 4.79 Å². The molecule has 0 radical (unpaired) electrons. The van der Waals surface area contributed by atoms with Gasteiger partial charge in [-0.1, -0.05) is 17.7 Å². The molecule has 1 atom stereocenters. The Labute approximate surface area is 129 Å². The van der Waals surface area contributed by atoms with Crippen LogP contribution in [-0.4, -0.2) is 34.6 Å². The molecule has 114 valence electrons. The summed E-state index contributed by atoms with van der Waals surface area (Å²) in [5, 5.41) is 10.0. The molecule has 1 aliphatic rings. The zero-order valence-electron chi connectivity index (χ0n) is 12.0. The van der Waals surface area contributed by atoms with Crippen molar-refractivity contribution in [1.82, 2.24) is 4.90 Å². The zero-order chi connectivity index (χ0) is 15.5. The van der Waals surface area contributed by atoms with Crippen LogP contribution in [0.2, 0.25) is 5.02 Å². The fraction of sp³-hybridized carbons (Fsp3) is 0.438. The molecule has 5 heteroatoms. The Balaban J connectivity index is 2.00. The van der Waals surface area contributed by atoms with E-state index < -0.39 is 11.4 Å². The standard InChI is InChI=1S/C16H19ClFNO2/c1-16(21)7-2-9-19(10-8-16)15(20)6-4-12-3-5-14(18)13(17)11-12/h3-6,11,21H,2,7-10H2,1H3/b6-4+. The highest BCUT2D eigenvalue weighted by atomic mass is 35.5. The van der Waals surface area contributed by atoms with Crippen molar-refractivity contribution in [3.05, 3.63) is 40.7 Å². The van der Waals surface area contributed by atoms with Crippen LogP contribution in [0.3, 0.4) is 0 Å². The summed E-state index contributed by atoms with van der Waals surface area (Å²) in [4.78, 5) is 13.9. The van der Waals surface area contributed by atoms with Crippen molar-refractivity contribution in [3.8, 4) is 0 Å². The van der Waals surface area contributed by atoms with Crippen molar-refractivity contribution in [2.75, 3.05) is 13.1 Å². The Bertz CT molecular complexity index is 557. The molecule has 2 rings (SSSR count). The summed E-state index contributed by atoms with van der Waals surface area (Å²) >= 11 is 5.70. The lowest BCUT2D eigenvalue weighted by Crippen LogP contribution is -2.32. The first-order valence-electron chi connectivity index (χ1n) is 7.02. The molecule has 1 aromatic rings. The van der Waals surface area contributed by atoms with Crippen LogP contribution in [0.15, 0.2) is 24.3 Å². The number of hydrogen-bond donors (Lipinski definition) is 1. The maximum atomic E-state index is 13.1. The molecule has 3 nitrogen and oxygen atoms in total. The number of benzene rings is 1. The van der Waals surface area contributed by atoms with Crippen molar-refractivity contribution in [1.29, 1.82) is 0 Å². The molecule has 1 aromatic carbocycles. The van der Waals surface area contributed by atoms with Gasteiger partial charge in [0.15, 0.2) is 0 Å². The molecule has 21 heavy (non-hydrogen) atoms. The molecular weight excluding hydrogens is 293 g/mol. The summed E-state index contributed by atoms with van der Waals surface area (Å²) in [7, 11) is 0. The average Bonchev–Trinajstić information content (AvgIpc) is 2.61. The largest absolute Gasteiger partial charge is 0.390 e. The van der Waals surface area contributed by atoms with Crippen molar-refractivity contribution in [2.24, 2.45) is 0 Å². The average molecular weight is 312 g/mol. The first kappa shape index (κ1) is 16.0. The van der Waals surface area contributed by atoms with Gasteiger partial charge in [-0.3, -0.25) is 4.79 Å². The van der Waals surface area contributed by atoms with Crippen molar-refractivity contribution in [2.45, 2.75) is 31.8 Å². The van der Waals surface area contributed by atoms with Crippen molar-refractivity contribution < 1.29 is 14.3 Å². The Morgan fingerprint density at radius 3 is 2.90 bits per heavy atom. The van der Waals surface area contributed by atoms with Gasteiger partial charge < -0.3 is 10.0 Å². The van der Waals surface area contributed by atoms with Gasteiger partial charge in [0.1, 0.15) is 5.82 Å². The third-order valence-corrected chi connectivity index (χ3v) is 4.03. The molecule has 0 aliphatic carbocycles. The molecule has 1 unspecified atom stereocenters. The first-order valence-corrected chi connectivity index (χ1v) is 7.40. The number of carbonyl (C=O) groups is 1. The Hall–Kier alpha value is -1.39. The SMILES string of the molecule is CC1(O)CCCN(C(=O)/C=C/c2ccc(F)c(Cl)c2)CC1. The molecule has 1 saturated heterocycles. The summed E-state index contributed by atoms with van der Waals surface area (Å²) in [6.07, 6.45) is 5.15. The van der Waals surface area contributed by atoms with Crippen LogP contribution in [0.5, 0.6) is 0 Å². The topological polar surface area (TPSA) is 40.5 Å². The molecular formula is C16H19ClFNO2. The van der Waals surface area contributed by atoms with E-state index >= 15 is 0 Å². The van der Waals surface area contributed by atoms with Crippen LogP contribution in [0.1, 0.15) is 31.7 Å². The van der Waals surface area contributed by atoms with E-state index in [1.54, 1.807) is 24.0 Å². The fourth-order valence-corrected chi connectivity index (χ4v) is 2.56. The summed E-state index contributed by atoms with van der Waals surface area (Å²) in [5.41, 5.74) is -0.0139. The highest BCUT2D eigenvalue weighted by Gasteiger charge is 2.26. The zero-order valence-corrected chi connectivity index (χ0v) is 12.7. The van der Waals surface area contributed by atoms with Crippen LogP contribution >= 0.6 is 11.6 Å². The molecule has 1 fully saturated rings. The van der Waals surface area contributed by atoms with E-state index in [2.05, 4.69) is 0 Å². The van der Waals surface area contributed by atoms with Gasteiger partial charge in [0, 0.05) is 19.2 Å². The lowest BCUT2D eigenvalue weighted by molar-refractivity contribution is -0.126. The number of halogens is 2. The van der Waals surface area contributed by atoms with Gasteiger partial charge in [0.25, 0.3) is 0 Å². The minimum absolute atomic E-state index is 0.0374. The molecule has 1 N–H and O–H groups in total. The van der Waals surface area contributed by atoms with Gasteiger partial charge in [0.05, 0.1) is 10.6 Å². The maximum absolute atomic E-state index is 13.1. The van der Waals surface area contributed by atoms with E-state index in [4.69, 9.17) is 11.6 Å². The van der Waals surface area contributed by atoms with E-state index in [0.717, 1.165) is 6.42 Å². The van der Waals surface area contributed by atoms with Gasteiger partial charge in [0.2, 0.25) is 5.91 Å². The number of nitrogens with zero attached hydrogens (tertiary/aromatic N) is 1. The summed E-state index contributed by atoms with van der Waals surface area (Å²) in [6, 6.07) is 4.32. The van der Waals surface area contributed by atoms with Crippen LogP contribution in [0.25, 0.3) is 6.08 Å². The predicted molar refractivity (Wildman–Crippen MR) is 81.5 cm³/mol. The van der Waals surface area contributed by atoms with Crippen molar-refractivity contribution >= 4 is 23.6 Å². The number of rotatable bonds is 2. The van der Waals surface area contributed by atoms with Crippen LogP contribution in [0, 0.1) is 5.82 Å². The minimum atomic E-state index is -0.691. The molecule has 0 saturated carbocycles. The van der Waals surface area contributed by atoms with Gasteiger partial charge in [-0.2, -0.15) is 0 Å². The molecule has 0 spiro atoms. The second-order valence-corrected chi connectivity index (χ2v) is 6.09. The quantitative estimate of drug-likeness (QED) is 0.852. The number of amides is 1. The summed E-state index contributed by atoms with van der Waals surface area (Å²) < 4.78 is 13.1. The van der Waals surface area contributed by atoms with Crippen LogP contribution in [0.4, 0.5) is 4.39 Å². The monoisotopic (exact) mass is 311 g/mol.